The maximum Gasteiger partial charge on any atom is 0.328 e. The van der Waals surface area contributed by atoms with Crippen LogP contribution in [-0.2, 0) is 19.5 Å². The van der Waals surface area contributed by atoms with Crippen molar-refractivity contribution in [1.29, 1.82) is 0 Å². The smallest absolute Gasteiger partial charge is 0.293 e. The predicted molar refractivity (Wildman–Crippen MR) is 72.7 cm³/mol. The largest absolute Gasteiger partial charge is 0.328 e. The Morgan fingerprint density at radius 3 is 2.74 bits per heavy atom. The van der Waals surface area contributed by atoms with Gasteiger partial charge in [-0.15, -0.1) is 0 Å². The number of aromatic amines is 1. The third kappa shape index (κ3) is 2.78. The molecular formula is C12H15ClN4O2. The molecule has 0 saturated heterocycles. The van der Waals surface area contributed by atoms with E-state index >= 15 is 0 Å². The molecule has 6 nitrogen and oxygen atoms in total. The molecule has 2 aromatic rings. The van der Waals surface area contributed by atoms with Gasteiger partial charge in [0, 0.05) is 12.7 Å². The van der Waals surface area contributed by atoms with Crippen LogP contribution in [0.5, 0.6) is 0 Å². The van der Waals surface area contributed by atoms with Crippen LogP contribution in [0.25, 0.3) is 0 Å². The number of aryl methyl sites for hydroxylation is 2. The molecule has 2 rings (SSSR count). The van der Waals surface area contributed by atoms with Crippen LogP contribution in [0, 0.1) is 0 Å². The summed E-state index contributed by atoms with van der Waals surface area (Å²) >= 11 is 5.73. The molecule has 0 aliphatic rings. The first kappa shape index (κ1) is 13.6. The second-order valence-corrected chi connectivity index (χ2v) is 4.57. The van der Waals surface area contributed by atoms with Crippen molar-refractivity contribution in [2.75, 3.05) is 0 Å². The van der Waals surface area contributed by atoms with Gasteiger partial charge in [0.2, 0.25) is 0 Å². The van der Waals surface area contributed by atoms with E-state index in [1.54, 1.807) is 0 Å². The second kappa shape index (κ2) is 5.44. The van der Waals surface area contributed by atoms with E-state index in [9.17, 15) is 9.59 Å². The first-order valence-corrected chi connectivity index (χ1v) is 6.47. The lowest BCUT2D eigenvalue weighted by Crippen LogP contribution is -2.30. The molecular weight excluding hydrogens is 268 g/mol. The Hall–Kier alpha value is -1.82. The van der Waals surface area contributed by atoms with E-state index < -0.39 is 11.2 Å². The Morgan fingerprint density at radius 2 is 2.11 bits per heavy atom. The summed E-state index contributed by atoms with van der Waals surface area (Å²) < 4.78 is 3.20. The predicted octanol–water partition coefficient (Wildman–Crippen LogP) is 1.02. The number of aromatic nitrogens is 4. The van der Waals surface area contributed by atoms with Gasteiger partial charge in [-0.3, -0.25) is 19.0 Å². The molecule has 19 heavy (non-hydrogen) atoms. The van der Waals surface area contributed by atoms with Crippen LogP contribution in [0.3, 0.4) is 0 Å². The maximum atomic E-state index is 11.7. The van der Waals surface area contributed by atoms with Gasteiger partial charge in [0.15, 0.2) is 0 Å². The van der Waals surface area contributed by atoms with Crippen LogP contribution in [-0.4, -0.2) is 19.3 Å². The van der Waals surface area contributed by atoms with E-state index in [-0.39, 0.29) is 5.02 Å². The van der Waals surface area contributed by atoms with Gasteiger partial charge in [-0.2, -0.15) is 5.10 Å². The molecule has 102 valence electrons. The van der Waals surface area contributed by atoms with Crippen molar-refractivity contribution < 1.29 is 0 Å². The Kier molecular flexibility index (Phi) is 3.90. The highest BCUT2D eigenvalue weighted by Gasteiger charge is 2.09. The summed E-state index contributed by atoms with van der Waals surface area (Å²) in [5.41, 5.74) is 0.836. The number of nitrogens with one attached hydrogen (secondary N) is 1. The topological polar surface area (TPSA) is 72.7 Å². The van der Waals surface area contributed by atoms with Crippen molar-refractivity contribution >= 4 is 11.6 Å². The third-order valence-electron chi connectivity index (χ3n) is 2.88. The minimum atomic E-state index is -0.568. The van der Waals surface area contributed by atoms with Gasteiger partial charge in [0.25, 0.3) is 5.56 Å². The van der Waals surface area contributed by atoms with E-state index in [0.717, 1.165) is 24.4 Å². The van der Waals surface area contributed by atoms with Gasteiger partial charge in [0.1, 0.15) is 5.02 Å². The van der Waals surface area contributed by atoms with Crippen LogP contribution in [0.15, 0.2) is 21.9 Å². The first-order valence-electron chi connectivity index (χ1n) is 6.10. The normalized spacial score (nSPS) is 10.9. The monoisotopic (exact) mass is 282 g/mol. The maximum absolute atomic E-state index is 11.7. The highest BCUT2D eigenvalue weighted by molar-refractivity contribution is 6.30. The summed E-state index contributed by atoms with van der Waals surface area (Å²) in [6.45, 7) is 5.06. The molecule has 0 amide bonds. The highest BCUT2D eigenvalue weighted by atomic mass is 35.5. The van der Waals surface area contributed by atoms with Crippen LogP contribution in [0.2, 0.25) is 5.02 Å². The molecule has 2 aromatic heterocycles. The molecule has 2 heterocycles. The molecule has 0 unspecified atom stereocenters. The van der Waals surface area contributed by atoms with Crippen molar-refractivity contribution in [3.63, 3.8) is 0 Å². The number of H-pyrrole nitrogens is 1. The summed E-state index contributed by atoms with van der Waals surface area (Å²) in [5.74, 6) is 0. The van der Waals surface area contributed by atoms with E-state index in [1.807, 2.05) is 24.6 Å². The number of halogens is 1. The minimum Gasteiger partial charge on any atom is -0.293 e. The lowest BCUT2D eigenvalue weighted by molar-refractivity contribution is 0.584. The quantitative estimate of drug-likeness (QED) is 0.910. The average molecular weight is 283 g/mol. The molecule has 1 N–H and O–H groups in total. The summed E-state index contributed by atoms with van der Waals surface area (Å²) in [4.78, 5) is 25.1. The molecule has 0 saturated carbocycles. The van der Waals surface area contributed by atoms with Gasteiger partial charge in [-0.05, 0) is 19.4 Å². The summed E-state index contributed by atoms with van der Waals surface area (Å²) in [5, 5.41) is 4.41. The molecule has 0 aliphatic carbocycles. The SMILES string of the molecule is CCc1cc(Cn2cc(Cl)c(=O)[nH]c2=O)n(CC)n1. The van der Waals surface area contributed by atoms with Gasteiger partial charge < -0.3 is 0 Å². The summed E-state index contributed by atoms with van der Waals surface area (Å²) in [7, 11) is 0. The fourth-order valence-electron chi connectivity index (χ4n) is 1.86. The fraction of sp³-hybridized carbons (Fsp3) is 0.417. The van der Waals surface area contributed by atoms with Crippen molar-refractivity contribution in [1.82, 2.24) is 19.3 Å². The van der Waals surface area contributed by atoms with Crippen molar-refractivity contribution in [3.05, 3.63) is 49.5 Å². The van der Waals surface area contributed by atoms with Gasteiger partial charge in [-0.25, -0.2) is 4.79 Å². The standard InChI is InChI=1S/C12H15ClN4O2/c1-3-8-5-9(17(4-2)15-8)6-16-7-10(13)11(18)14-12(16)19/h5,7H,3-4,6H2,1-2H3,(H,14,18,19). The Balaban J connectivity index is 2.41. The Morgan fingerprint density at radius 1 is 1.37 bits per heavy atom. The summed E-state index contributed by atoms with van der Waals surface area (Å²) in [6, 6.07) is 1.95. The van der Waals surface area contributed by atoms with Gasteiger partial charge in [-0.1, -0.05) is 18.5 Å². The molecule has 0 aromatic carbocycles. The van der Waals surface area contributed by atoms with Crippen LogP contribution >= 0.6 is 11.6 Å². The second-order valence-electron chi connectivity index (χ2n) is 4.16. The third-order valence-corrected chi connectivity index (χ3v) is 3.14. The highest BCUT2D eigenvalue weighted by Crippen LogP contribution is 2.07. The number of hydrogen-bond acceptors (Lipinski definition) is 3. The number of nitrogens with zero attached hydrogens (tertiary/aromatic N) is 3. The zero-order valence-corrected chi connectivity index (χ0v) is 11.6. The molecule has 0 bridgehead atoms. The first-order chi connectivity index (χ1) is 9.05. The molecule has 0 spiro atoms. The molecule has 0 fully saturated rings. The van der Waals surface area contributed by atoms with E-state index in [4.69, 9.17) is 11.6 Å². The van der Waals surface area contributed by atoms with E-state index in [1.165, 1.54) is 10.8 Å². The Bertz CT molecular complexity index is 698. The summed E-state index contributed by atoms with van der Waals surface area (Å²) in [6.07, 6.45) is 2.18. The van der Waals surface area contributed by atoms with Crippen molar-refractivity contribution in [2.24, 2.45) is 0 Å². The zero-order valence-electron chi connectivity index (χ0n) is 10.8. The molecule has 0 radical (unpaired) electrons. The average Bonchev–Trinajstić information content (AvgIpc) is 2.78. The van der Waals surface area contributed by atoms with Crippen molar-refractivity contribution in [3.8, 4) is 0 Å². The van der Waals surface area contributed by atoms with Crippen molar-refractivity contribution in [2.45, 2.75) is 33.4 Å². The lowest BCUT2D eigenvalue weighted by atomic mass is 10.3. The fourth-order valence-corrected chi connectivity index (χ4v) is 2.03. The minimum absolute atomic E-state index is 0.00196. The van der Waals surface area contributed by atoms with Crippen LogP contribution < -0.4 is 11.2 Å². The molecule has 0 atom stereocenters. The van der Waals surface area contributed by atoms with Gasteiger partial charge >= 0.3 is 5.69 Å². The lowest BCUT2D eigenvalue weighted by Gasteiger charge is -2.07. The van der Waals surface area contributed by atoms with Crippen LogP contribution in [0.1, 0.15) is 25.2 Å². The molecule has 7 heteroatoms. The van der Waals surface area contributed by atoms with E-state index in [0.29, 0.717) is 6.54 Å². The number of rotatable bonds is 4. The number of hydrogen-bond donors (Lipinski definition) is 1. The van der Waals surface area contributed by atoms with Gasteiger partial charge in [0.05, 0.1) is 17.9 Å². The Labute approximate surface area is 114 Å². The molecule has 0 aliphatic heterocycles. The zero-order chi connectivity index (χ0) is 14.0. The van der Waals surface area contributed by atoms with E-state index in [2.05, 4.69) is 10.1 Å². The van der Waals surface area contributed by atoms with Crippen LogP contribution in [0.4, 0.5) is 0 Å².